The van der Waals surface area contributed by atoms with E-state index in [1.807, 2.05) is 6.08 Å². The predicted octanol–water partition coefficient (Wildman–Crippen LogP) is 4.15. The Morgan fingerprint density at radius 3 is 1.50 bits per heavy atom. The van der Waals surface area contributed by atoms with Crippen molar-refractivity contribution in [2.75, 3.05) is 7.11 Å². The van der Waals surface area contributed by atoms with E-state index >= 15 is 0 Å². The Kier molecular flexibility index (Phi) is 5.49. The zero-order valence-corrected chi connectivity index (χ0v) is 15.2. The highest BCUT2D eigenvalue weighted by molar-refractivity contribution is 7.70. The number of hydrogen-bond donors (Lipinski definition) is 0. The Morgan fingerprint density at radius 1 is 0.750 bits per heavy atom. The molecule has 0 spiro atoms. The van der Waals surface area contributed by atoms with Gasteiger partial charge < -0.3 is 4.74 Å². The molecule has 16 heavy (non-hydrogen) atoms. The largest absolute Gasteiger partial charge is 0.504 e. The summed E-state index contributed by atoms with van der Waals surface area (Å²) in [4.78, 5) is 0. The number of rotatable bonds is 5. The molecule has 0 aromatic rings. The van der Waals surface area contributed by atoms with E-state index in [0.717, 1.165) is 0 Å². The Hall–Kier alpha value is -0.0694. The van der Waals surface area contributed by atoms with Crippen LogP contribution >= 0.6 is 0 Å². The highest BCUT2D eigenvalue weighted by atomic mass is 29.6. The van der Waals surface area contributed by atoms with Crippen molar-refractivity contribution in [1.82, 2.24) is 0 Å². The van der Waals surface area contributed by atoms with E-state index in [1.165, 1.54) is 0 Å². The van der Waals surface area contributed by atoms with Gasteiger partial charge in [-0.05, 0) is 6.08 Å². The fraction of sp³-hybridized carbons (Fsp3) is 0.667. The highest BCUT2D eigenvalue weighted by Gasteiger charge is 2.48. The molecule has 94 valence electrons. The summed E-state index contributed by atoms with van der Waals surface area (Å²) in [5.74, 6) is 0. The maximum atomic E-state index is 4.93. The third-order valence-corrected chi connectivity index (χ3v) is 44.2. The van der Waals surface area contributed by atoms with E-state index < -0.39 is 22.3 Å². The van der Waals surface area contributed by atoms with Crippen LogP contribution in [0.5, 0.6) is 0 Å². The van der Waals surface area contributed by atoms with E-state index in [2.05, 4.69) is 57.6 Å². The van der Waals surface area contributed by atoms with Gasteiger partial charge >= 0.3 is 0 Å². The van der Waals surface area contributed by atoms with Crippen molar-refractivity contribution >= 4 is 22.3 Å². The van der Waals surface area contributed by atoms with Crippen molar-refractivity contribution in [1.29, 1.82) is 0 Å². The SMILES string of the molecule is CO/C=C\C=C/[Si](C)([Si](C)(C)C)[Si](C)(C)C. The van der Waals surface area contributed by atoms with Crippen LogP contribution in [0.25, 0.3) is 0 Å². The molecule has 0 amide bonds. The van der Waals surface area contributed by atoms with Crippen LogP contribution in [0, 0.1) is 0 Å². The van der Waals surface area contributed by atoms with Crippen LogP contribution in [-0.4, -0.2) is 29.4 Å². The molecule has 0 heterocycles. The standard InChI is InChI=1S/C12H28OSi3/c1-13-11-9-10-12-16(8,14(2,3)4)15(5,6)7/h9-12H,1-8H3/b11-9-,12-10-. The summed E-state index contributed by atoms with van der Waals surface area (Å²) in [5, 5.41) is 0. The van der Waals surface area contributed by atoms with Gasteiger partial charge in [-0.1, -0.05) is 57.6 Å². The minimum absolute atomic E-state index is 1.07. The molecule has 0 bridgehead atoms. The van der Waals surface area contributed by atoms with Crippen molar-refractivity contribution in [2.45, 2.75) is 45.8 Å². The van der Waals surface area contributed by atoms with Gasteiger partial charge in [0.1, 0.15) is 0 Å². The van der Waals surface area contributed by atoms with E-state index in [4.69, 9.17) is 4.74 Å². The van der Waals surface area contributed by atoms with Crippen LogP contribution in [0.15, 0.2) is 24.1 Å². The Morgan fingerprint density at radius 2 is 1.19 bits per heavy atom. The minimum Gasteiger partial charge on any atom is -0.504 e. The fourth-order valence-electron chi connectivity index (χ4n) is 2.00. The zero-order chi connectivity index (χ0) is 13.0. The minimum atomic E-state index is -1.21. The summed E-state index contributed by atoms with van der Waals surface area (Å²) in [7, 11) is -1.65. The number of hydrogen-bond acceptors (Lipinski definition) is 1. The second kappa shape index (κ2) is 5.51. The van der Waals surface area contributed by atoms with Gasteiger partial charge in [0.25, 0.3) is 0 Å². The summed E-state index contributed by atoms with van der Waals surface area (Å²) >= 11 is 0. The maximum absolute atomic E-state index is 4.93. The molecule has 0 aliphatic heterocycles. The first-order valence-corrected chi connectivity index (χ1v) is 17.5. The predicted molar refractivity (Wildman–Crippen MR) is 83.6 cm³/mol. The first-order chi connectivity index (χ1) is 7.06. The van der Waals surface area contributed by atoms with Crippen LogP contribution in [0.3, 0.4) is 0 Å². The van der Waals surface area contributed by atoms with Crippen LogP contribution < -0.4 is 0 Å². The lowest BCUT2D eigenvalue weighted by molar-refractivity contribution is 0.338. The molecule has 0 atom stereocenters. The van der Waals surface area contributed by atoms with Crippen LogP contribution in [0.1, 0.15) is 0 Å². The Balaban J connectivity index is 5.13. The third kappa shape index (κ3) is 3.75. The first-order valence-electron chi connectivity index (χ1n) is 5.93. The maximum Gasteiger partial charge on any atom is 0.0824 e. The lowest BCUT2D eigenvalue weighted by Crippen LogP contribution is -2.68. The Bertz CT molecular complexity index is 255. The quantitative estimate of drug-likeness (QED) is 0.415. The second-order valence-electron chi connectivity index (χ2n) is 6.63. The normalized spacial score (nSPS) is 15.0. The fourth-order valence-corrected chi connectivity index (χ4v) is 36.3. The smallest absolute Gasteiger partial charge is 0.0824 e. The average Bonchev–Trinajstić information content (AvgIpc) is 2.08. The molecule has 4 heteroatoms. The lowest BCUT2D eigenvalue weighted by atomic mass is 10.6. The summed E-state index contributed by atoms with van der Waals surface area (Å²) in [6, 6.07) is 0. The van der Waals surface area contributed by atoms with Crippen LogP contribution in [-0.2, 0) is 4.74 Å². The van der Waals surface area contributed by atoms with Crippen LogP contribution in [0.2, 0.25) is 45.8 Å². The summed E-state index contributed by atoms with van der Waals surface area (Å²) in [5.41, 5.74) is 2.56. The van der Waals surface area contributed by atoms with Crippen LogP contribution in [0.4, 0.5) is 0 Å². The van der Waals surface area contributed by atoms with Gasteiger partial charge in [-0.2, -0.15) is 0 Å². The molecule has 0 aromatic heterocycles. The first kappa shape index (κ1) is 15.9. The van der Waals surface area contributed by atoms with E-state index in [9.17, 15) is 0 Å². The molecule has 0 unspecified atom stereocenters. The van der Waals surface area contributed by atoms with Crippen molar-refractivity contribution in [3.63, 3.8) is 0 Å². The Labute approximate surface area is 104 Å². The topological polar surface area (TPSA) is 9.23 Å². The highest BCUT2D eigenvalue weighted by Crippen LogP contribution is 2.30. The molecule has 0 N–H and O–H groups in total. The zero-order valence-electron chi connectivity index (χ0n) is 12.2. The van der Waals surface area contributed by atoms with Crippen molar-refractivity contribution < 1.29 is 4.74 Å². The van der Waals surface area contributed by atoms with E-state index in [1.54, 1.807) is 13.4 Å². The number of ether oxygens (including phenoxy) is 1. The summed E-state index contributed by atoms with van der Waals surface area (Å²) in [6.45, 7) is 17.8. The van der Waals surface area contributed by atoms with Gasteiger partial charge in [-0.15, -0.1) is 0 Å². The van der Waals surface area contributed by atoms with Crippen molar-refractivity contribution in [2.24, 2.45) is 0 Å². The van der Waals surface area contributed by atoms with E-state index in [-0.39, 0.29) is 0 Å². The van der Waals surface area contributed by atoms with Crippen molar-refractivity contribution in [3.05, 3.63) is 24.1 Å². The molecular weight excluding hydrogens is 244 g/mol. The van der Waals surface area contributed by atoms with E-state index in [0.29, 0.717) is 0 Å². The molecule has 0 aliphatic rings. The third-order valence-electron chi connectivity index (χ3n) is 3.87. The molecule has 0 radical (unpaired) electrons. The molecule has 0 rings (SSSR count). The van der Waals surface area contributed by atoms with Gasteiger partial charge in [-0.3, -0.25) is 0 Å². The monoisotopic (exact) mass is 272 g/mol. The molecule has 0 saturated heterocycles. The summed E-state index contributed by atoms with van der Waals surface area (Å²) in [6.07, 6.45) is 5.98. The van der Waals surface area contributed by atoms with Gasteiger partial charge in [-0.25, -0.2) is 0 Å². The average molecular weight is 273 g/mol. The van der Waals surface area contributed by atoms with Crippen molar-refractivity contribution in [3.8, 4) is 0 Å². The molecule has 1 nitrogen and oxygen atoms in total. The second-order valence-corrected chi connectivity index (χ2v) is 35.1. The van der Waals surface area contributed by atoms with Gasteiger partial charge in [0.05, 0.1) is 20.5 Å². The molecule has 0 fully saturated rings. The van der Waals surface area contributed by atoms with Gasteiger partial charge in [0, 0.05) is 15.2 Å². The molecule has 0 aromatic carbocycles. The van der Waals surface area contributed by atoms with Gasteiger partial charge in [0.2, 0.25) is 0 Å². The summed E-state index contributed by atoms with van der Waals surface area (Å²) < 4.78 is 4.93. The molecular formula is C12H28OSi3. The molecule has 0 saturated carbocycles. The molecule has 0 aliphatic carbocycles. The number of methoxy groups -OCH3 is 1. The van der Waals surface area contributed by atoms with Gasteiger partial charge in [0.15, 0.2) is 0 Å². The lowest BCUT2D eigenvalue weighted by Gasteiger charge is -2.45. The number of allylic oxidation sites excluding steroid dienone is 2.